The molecule has 0 radical (unpaired) electrons. The average Bonchev–Trinajstić information content (AvgIpc) is 3.03. The SMILES string of the molecule is CCCN(CCNC(=NC)N1CCC(COCC)C1)C(=O)OC(C)(C)C.I. The Kier molecular flexibility index (Phi) is 13.0. The maximum Gasteiger partial charge on any atom is 0.410 e. The van der Waals surface area contributed by atoms with E-state index in [-0.39, 0.29) is 30.1 Å². The lowest BCUT2D eigenvalue weighted by atomic mass is 10.1. The van der Waals surface area contributed by atoms with E-state index in [0.29, 0.717) is 25.6 Å². The monoisotopic (exact) mass is 498 g/mol. The lowest BCUT2D eigenvalue weighted by molar-refractivity contribution is 0.0253. The van der Waals surface area contributed by atoms with Gasteiger partial charge in [0.2, 0.25) is 0 Å². The highest BCUT2D eigenvalue weighted by Gasteiger charge is 2.25. The number of hydrogen-bond acceptors (Lipinski definition) is 4. The summed E-state index contributed by atoms with van der Waals surface area (Å²) >= 11 is 0. The van der Waals surface area contributed by atoms with Crippen LogP contribution in [0.4, 0.5) is 4.79 Å². The van der Waals surface area contributed by atoms with Crippen molar-refractivity contribution in [3.63, 3.8) is 0 Å². The van der Waals surface area contributed by atoms with Crippen LogP contribution < -0.4 is 5.32 Å². The molecule has 27 heavy (non-hydrogen) atoms. The first-order valence-electron chi connectivity index (χ1n) is 9.82. The Balaban J connectivity index is 0.00000676. The van der Waals surface area contributed by atoms with E-state index < -0.39 is 5.60 Å². The minimum absolute atomic E-state index is 0. The minimum Gasteiger partial charge on any atom is -0.444 e. The quantitative estimate of drug-likeness (QED) is 0.317. The van der Waals surface area contributed by atoms with Gasteiger partial charge in [0, 0.05) is 52.3 Å². The molecule has 1 atom stereocenters. The van der Waals surface area contributed by atoms with Gasteiger partial charge in [-0.2, -0.15) is 0 Å². The van der Waals surface area contributed by atoms with E-state index in [9.17, 15) is 4.79 Å². The number of rotatable bonds is 8. The van der Waals surface area contributed by atoms with Gasteiger partial charge in [-0.1, -0.05) is 6.92 Å². The zero-order chi connectivity index (χ0) is 19.6. The number of carbonyl (C=O) groups excluding carboxylic acids is 1. The first-order valence-corrected chi connectivity index (χ1v) is 9.82. The van der Waals surface area contributed by atoms with E-state index >= 15 is 0 Å². The van der Waals surface area contributed by atoms with Gasteiger partial charge in [-0.3, -0.25) is 4.99 Å². The second-order valence-corrected chi connectivity index (χ2v) is 7.70. The topological polar surface area (TPSA) is 66.4 Å². The lowest BCUT2D eigenvalue weighted by Crippen LogP contribution is -2.45. The van der Waals surface area contributed by atoms with Crippen molar-refractivity contribution in [3.05, 3.63) is 0 Å². The smallest absolute Gasteiger partial charge is 0.410 e. The summed E-state index contributed by atoms with van der Waals surface area (Å²) in [5.41, 5.74) is -0.475. The van der Waals surface area contributed by atoms with Gasteiger partial charge >= 0.3 is 6.09 Å². The van der Waals surface area contributed by atoms with Crippen molar-refractivity contribution in [1.29, 1.82) is 0 Å². The van der Waals surface area contributed by atoms with E-state index in [0.717, 1.165) is 45.1 Å². The number of amides is 1. The Morgan fingerprint density at radius 3 is 2.56 bits per heavy atom. The van der Waals surface area contributed by atoms with Crippen LogP contribution in [0.25, 0.3) is 0 Å². The second-order valence-electron chi connectivity index (χ2n) is 7.70. The van der Waals surface area contributed by atoms with Crippen LogP contribution in [-0.4, -0.2) is 80.4 Å². The highest BCUT2D eigenvalue weighted by atomic mass is 127. The number of nitrogens with one attached hydrogen (secondary N) is 1. The number of hydrogen-bond donors (Lipinski definition) is 1. The summed E-state index contributed by atoms with van der Waals surface area (Å²) in [6, 6.07) is 0. The molecule has 0 aliphatic carbocycles. The molecule has 0 aromatic heterocycles. The maximum atomic E-state index is 12.3. The summed E-state index contributed by atoms with van der Waals surface area (Å²) < 4.78 is 11.0. The first-order chi connectivity index (χ1) is 12.3. The zero-order valence-electron chi connectivity index (χ0n) is 17.9. The van der Waals surface area contributed by atoms with Crippen LogP contribution in [0.1, 0.15) is 47.5 Å². The summed E-state index contributed by atoms with van der Waals surface area (Å²) in [7, 11) is 1.80. The first kappa shape index (κ1) is 26.2. The van der Waals surface area contributed by atoms with Crippen molar-refractivity contribution in [3.8, 4) is 0 Å². The summed E-state index contributed by atoms with van der Waals surface area (Å²) in [4.78, 5) is 20.7. The Morgan fingerprint density at radius 2 is 2.00 bits per heavy atom. The number of guanidine groups is 1. The fourth-order valence-corrected chi connectivity index (χ4v) is 2.97. The molecular weight excluding hydrogens is 459 g/mol. The molecule has 1 heterocycles. The maximum absolute atomic E-state index is 12.3. The molecule has 0 spiro atoms. The molecule has 0 bridgehead atoms. The van der Waals surface area contributed by atoms with Crippen LogP contribution in [-0.2, 0) is 9.47 Å². The summed E-state index contributed by atoms with van der Waals surface area (Å²) in [6.07, 6.45) is 1.77. The molecule has 1 amide bonds. The van der Waals surface area contributed by atoms with Gasteiger partial charge in [0.25, 0.3) is 0 Å². The highest BCUT2D eigenvalue weighted by Crippen LogP contribution is 2.16. The molecule has 1 saturated heterocycles. The molecule has 1 aliphatic rings. The fourth-order valence-electron chi connectivity index (χ4n) is 2.97. The minimum atomic E-state index is -0.475. The molecule has 160 valence electrons. The number of nitrogens with zero attached hydrogens (tertiary/aromatic N) is 3. The van der Waals surface area contributed by atoms with Crippen LogP contribution in [0, 0.1) is 5.92 Å². The second kappa shape index (κ2) is 13.4. The predicted molar refractivity (Wildman–Crippen MR) is 121 cm³/mol. The number of carbonyl (C=O) groups is 1. The highest BCUT2D eigenvalue weighted by molar-refractivity contribution is 14.0. The van der Waals surface area contributed by atoms with Crippen molar-refractivity contribution in [2.75, 3.05) is 53.0 Å². The van der Waals surface area contributed by atoms with Gasteiger partial charge in [0.05, 0.1) is 6.61 Å². The molecule has 7 nitrogen and oxygen atoms in total. The number of aliphatic imine (C=N–C) groups is 1. The zero-order valence-corrected chi connectivity index (χ0v) is 20.2. The Morgan fingerprint density at radius 1 is 1.30 bits per heavy atom. The third kappa shape index (κ3) is 10.4. The van der Waals surface area contributed by atoms with Gasteiger partial charge < -0.3 is 24.6 Å². The van der Waals surface area contributed by atoms with Crippen LogP contribution in [0.2, 0.25) is 0 Å². The molecule has 0 saturated carbocycles. The van der Waals surface area contributed by atoms with Crippen LogP contribution in [0.5, 0.6) is 0 Å². The summed E-state index contributed by atoms with van der Waals surface area (Å²) in [6.45, 7) is 15.2. The molecule has 1 rings (SSSR count). The van der Waals surface area contributed by atoms with Crippen LogP contribution >= 0.6 is 24.0 Å². The van der Waals surface area contributed by atoms with Gasteiger partial charge in [-0.15, -0.1) is 24.0 Å². The van der Waals surface area contributed by atoms with Gasteiger partial charge in [0.1, 0.15) is 5.60 Å². The van der Waals surface area contributed by atoms with Crippen molar-refractivity contribution in [1.82, 2.24) is 15.1 Å². The summed E-state index contributed by atoms with van der Waals surface area (Å²) in [5, 5.41) is 3.38. The van der Waals surface area contributed by atoms with E-state index in [1.807, 2.05) is 27.7 Å². The van der Waals surface area contributed by atoms with E-state index in [2.05, 4.69) is 22.1 Å². The van der Waals surface area contributed by atoms with E-state index in [4.69, 9.17) is 9.47 Å². The van der Waals surface area contributed by atoms with Crippen LogP contribution in [0.3, 0.4) is 0 Å². The molecule has 1 aliphatic heterocycles. The molecular formula is C19H39IN4O3. The van der Waals surface area contributed by atoms with Gasteiger partial charge in [-0.05, 0) is 40.5 Å². The Hall–Kier alpha value is -0.770. The van der Waals surface area contributed by atoms with Crippen molar-refractivity contribution in [2.45, 2.75) is 53.1 Å². The third-order valence-electron chi connectivity index (χ3n) is 4.16. The van der Waals surface area contributed by atoms with E-state index in [1.54, 1.807) is 11.9 Å². The molecule has 1 fully saturated rings. The van der Waals surface area contributed by atoms with E-state index in [1.165, 1.54) is 0 Å². The standard InChI is InChI=1S/C19H38N4O3.HI/c1-7-11-22(18(24)26-19(3,4)5)13-10-21-17(20-6)23-12-9-16(14-23)15-25-8-2;/h16H,7-15H2,1-6H3,(H,20,21);1H. The lowest BCUT2D eigenvalue weighted by Gasteiger charge is -2.28. The van der Waals surface area contributed by atoms with Gasteiger partial charge in [0.15, 0.2) is 5.96 Å². The van der Waals surface area contributed by atoms with Crippen molar-refractivity contribution < 1.29 is 14.3 Å². The van der Waals surface area contributed by atoms with Crippen molar-refractivity contribution >= 4 is 36.0 Å². The van der Waals surface area contributed by atoms with Gasteiger partial charge in [-0.25, -0.2) is 4.79 Å². The van der Waals surface area contributed by atoms with Crippen molar-refractivity contribution in [2.24, 2.45) is 10.9 Å². The van der Waals surface area contributed by atoms with Crippen LogP contribution in [0.15, 0.2) is 4.99 Å². The Bertz CT molecular complexity index is 455. The summed E-state index contributed by atoms with van der Waals surface area (Å²) in [5.74, 6) is 1.46. The number of halogens is 1. The molecule has 8 heteroatoms. The molecule has 0 aromatic rings. The normalized spacial score (nSPS) is 17.5. The number of ether oxygens (including phenoxy) is 2. The fraction of sp³-hybridized carbons (Fsp3) is 0.895. The molecule has 1 N–H and O–H groups in total. The predicted octanol–water partition coefficient (Wildman–Crippen LogP) is 3.19. The molecule has 0 aromatic carbocycles. The average molecular weight is 498 g/mol. The molecule has 1 unspecified atom stereocenters. The largest absolute Gasteiger partial charge is 0.444 e. The third-order valence-corrected chi connectivity index (χ3v) is 4.16. The Labute approximate surface area is 182 Å². The number of likely N-dealkylation sites (tertiary alicyclic amines) is 1.